The first-order chi connectivity index (χ1) is 17.3. The van der Waals surface area contributed by atoms with Gasteiger partial charge in [0.1, 0.15) is 11.8 Å². The number of morpholine rings is 1. The maximum absolute atomic E-state index is 9.10. The van der Waals surface area contributed by atoms with E-state index in [4.69, 9.17) is 25.0 Å². The lowest BCUT2D eigenvalue weighted by Crippen LogP contribution is -2.37. The number of nitrogens with zero attached hydrogens (tertiary/aromatic N) is 7. The highest BCUT2D eigenvalue weighted by molar-refractivity contribution is 7.98. The molecule has 0 atom stereocenters. The van der Waals surface area contributed by atoms with Crippen molar-refractivity contribution in [1.29, 1.82) is 5.26 Å². The lowest BCUT2D eigenvalue weighted by molar-refractivity contribution is 0.122. The number of anilines is 1. The van der Waals surface area contributed by atoms with E-state index in [0.717, 1.165) is 57.4 Å². The van der Waals surface area contributed by atoms with Crippen molar-refractivity contribution >= 4 is 34.1 Å². The summed E-state index contributed by atoms with van der Waals surface area (Å²) < 4.78 is 7.60. The third kappa shape index (κ3) is 4.30. The Morgan fingerprint density at radius 2 is 1.86 bits per heavy atom. The number of thioether (sulfide) groups is 1. The molecule has 1 aromatic carbocycles. The van der Waals surface area contributed by atoms with Crippen molar-refractivity contribution in [2.24, 2.45) is 0 Å². The van der Waals surface area contributed by atoms with E-state index >= 15 is 0 Å². The number of hydrogen-bond acceptors (Lipinski definition) is 8. The standard InChI is InChI=1S/C26H21N7OS/c27-13-20-7-5-19(14-28-20)23-15-29-25(32-9-11-34-12-10-32)26-30-21(16-33(23)26)17-35-24-8-6-18-3-1-2-4-22(18)31-24/h1-8,14-16H,9-12,17H2. The Morgan fingerprint density at radius 1 is 0.971 bits per heavy atom. The molecule has 5 aromatic rings. The Hall–Kier alpha value is -4.00. The second kappa shape index (κ2) is 9.33. The van der Waals surface area contributed by atoms with Gasteiger partial charge in [0.15, 0.2) is 11.5 Å². The van der Waals surface area contributed by atoms with Crippen molar-refractivity contribution < 1.29 is 4.74 Å². The summed E-state index contributed by atoms with van der Waals surface area (Å²) >= 11 is 1.66. The minimum atomic E-state index is 0.383. The van der Waals surface area contributed by atoms with E-state index in [-0.39, 0.29) is 0 Å². The van der Waals surface area contributed by atoms with Crippen LogP contribution in [0.15, 0.2) is 72.1 Å². The maximum Gasteiger partial charge on any atom is 0.181 e. The number of ether oxygens (including phenoxy) is 1. The SMILES string of the molecule is N#Cc1ccc(-c2cnc(N3CCOCC3)c3nc(CSc4ccc5ccccc5n4)cn23)cn1. The highest BCUT2D eigenvalue weighted by Crippen LogP contribution is 2.29. The van der Waals surface area contributed by atoms with Crippen molar-refractivity contribution in [1.82, 2.24) is 24.3 Å². The quantitative estimate of drug-likeness (QED) is 0.344. The number of imidazole rings is 1. The van der Waals surface area contributed by atoms with E-state index in [1.807, 2.05) is 30.5 Å². The number of rotatable bonds is 5. The van der Waals surface area contributed by atoms with Crippen LogP contribution in [0.1, 0.15) is 11.4 Å². The first-order valence-corrected chi connectivity index (χ1v) is 12.3. The predicted molar refractivity (Wildman–Crippen MR) is 135 cm³/mol. The molecule has 0 amide bonds. The van der Waals surface area contributed by atoms with Crippen LogP contribution in [0.4, 0.5) is 5.82 Å². The number of pyridine rings is 2. The number of fused-ring (bicyclic) bond motifs is 2. The van der Waals surface area contributed by atoms with Crippen LogP contribution in [0.2, 0.25) is 0 Å². The van der Waals surface area contributed by atoms with E-state index < -0.39 is 0 Å². The number of nitriles is 1. The Kier molecular flexibility index (Phi) is 5.74. The molecule has 0 spiro atoms. The van der Waals surface area contributed by atoms with Gasteiger partial charge >= 0.3 is 0 Å². The third-order valence-electron chi connectivity index (χ3n) is 5.95. The first kappa shape index (κ1) is 21.5. The predicted octanol–water partition coefficient (Wildman–Crippen LogP) is 4.34. The summed E-state index contributed by atoms with van der Waals surface area (Å²) in [6.45, 7) is 2.90. The number of para-hydroxylation sites is 1. The van der Waals surface area contributed by atoms with Crippen molar-refractivity contribution in [3.8, 4) is 17.3 Å². The lowest BCUT2D eigenvalue weighted by Gasteiger charge is -2.28. The summed E-state index contributed by atoms with van der Waals surface area (Å²) in [5, 5.41) is 11.2. The van der Waals surface area contributed by atoms with Crippen LogP contribution >= 0.6 is 11.8 Å². The maximum atomic E-state index is 9.10. The van der Waals surface area contributed by atoms with Gasteiger partial charge in [-0.1, -0.05) is 36.0 Å². The van der Waals surface area contributed by atoms with Gasteiger partial charge in [0.25, 0.3) is 0 Å². The van der Waals surface area contributed by atoms with Crippen molar-refractivity contribution in [2.75, 3.05) is 31.2 Å². The topological polar surface area (TPSA) is 92.2 Å². The summed E-state index contributed by atoms with van der Waals surface area (Å²) in [5.41, 5.74) is 4.87. The molecule has 0 radical (unpaired) electrons. The molecule has 0 saturated carbocycles. The van der Waals surface area contributed by atoms with E-state index in [9.17, 15) is 0 Å². The van der Waals surface area contributed by atoms with Gasteiger partial charge in [0, 0.05) is 42.2 Å². The van der Waals surface area contributed by atoms with Crippen LogP contribution < -0.4 is 4.90 Å². The van der Waals surface area contributed by atoms with Gasteiger partial charge in [0.05, 0.1) is 41.3 Å². The molecule has 0 aliphatic carbocycles. The van der Waals surface area contributed by atoms with E-state index in [0.29, 0.717) is 24.7 Å². The average Bonchev–Trinajstić information content (AvgIpc) is 3.36. The van der Waals surface area contributed by atoms with Crippen LogP contribution in [-0.4, -0.2) is 50.6 Å². The van der Waals surface area contributed by atoms with Gasteiger partial charge in [-0.05, 0) is 24.3 Å². The molecule has 0 N–H and O–H groups in total. The van der Waals surface area contributed by atoms with Gasteiger partial charge in [0.2, 0.25) is 0 Å². The largest absolute Gasteiger partial charge is 0.378 e. The van der Waals surface area contributed by atoms with Gasteiger partial charge < -0.3 is 9.64 Å². The smallest absolute Gasteiger partial charge is 0.181 e. The molecule has 4 aromatic heterocycles. The number of hydrogen-bond donors (Lipinski definition) is 0. The fraction of sp³-hybridized carbons (Fsp3) is 0.192. The second-order valence-corrected chi connectivity index (χ2v) is 9.16. The number of benzene rings is 1. The summed E-state index contributed by atoms with van der Waals surface area (Å²) in [6.07, 6.45) is 5.61. The molecular formula is C26H21N7OS. The Balaban J connectivity index is 1.36. The van der Waals surface area contributed by atoms with Crippen molar-refractivity contribution in [3.63, 3.8) is 0 Å². The van der Waals surface area contributed by atoms with Crippen molar-refractivity contribution in [3.05, 3.63) is 78.5 Å². The van der Waals surface area contributed by atoms with Crippen LogP contribution in [0.5, 0.6) is 0 Å². The summed E-state index contributed by atoms with van der Waals surface area (Å²) in [6, 6.07) is 18.0. The van der Waals surface area contributed by atoms with E-state index in [1.165, 1.54) is 0 Å². The fourth-order valence-corrected chi connectivity index (χ4v) is 4.94. The molecule has 8 nitrogen and oxygen atoms in total. The Bertz CT molecular complexity index is 1550. The van der Waals surface area contributed by atoms with Gasteiger partial charge in [-0.15, -0.1) is 0 Å². The minimum absolute atomic E-state index is 0.383. The van der Waals surface area contributed by atoms with Crippen LogP contribution in [0.25, 0.3) is 27.8 Å². The first-order valence-electron chi connectivity index (χ1n) is 11.3. The highest BCUT2D eigenvalue weighted by Gasteiger charge is 2.20. The zero-order valence-corrected chi connectivity index (χ0v) is 19.6. The molecule has 35 heavy (non-hydrogen) atoms. The van der Waals surface area contributed by atoms with Crippen LogP contribution in [0, 0.1) is 11.3 Å². The fourth-order valence-electron chi connectivity index (χ4n) is 4.18. The highest BCUT2D eigenvalue weighted by atomic mass is 32.2. The van der Waals surface area contributed by atoms with Gasteiger partial charge in [-0.3, -0.25) is 4.40 Å². The molecule has 1 saturated heterocycles. The van der Waals surface area contributed by atoms with E-state index in [1.54, 1.807) is 24.0 Å². The molecule has 172 valence electrons. The normalized spacial score (nSPS) is 13.9. The van der Waals surface area contributed by atoms with Crippen LogP contribution in [-0.2, 0) is 10.5 Å². The van der Waals surface area contributed by atoms with E-state index in [2.05, 4.69) is 44.7 Å². The molecular weight excluding hydrogens is 458 g/mol. The number of aromatic nitrogens is 5. The molecule has 0 unspecified atom stereocenters. The molecule has 1 aliphatic heterocycles. The van der Waals surface area contributed by atoms with Crippen molar-refractivity contribution in [2.45, 2.75) is 10.8 Å². The zero-order valence-electron chi connectivity index (χ0n) is 18.8. The molecule has 1 aliphatic rings. The summed E-state index contributed by atoms with van der Waals surface area (Å²) in [7, 11) is 0. The molecule has 1 fully saturated rings. The molecule has 9 heteroatoms. The monoisotopic (exact) mass is 479 g/mol. The molecule has 5 heterocycles. The summed E-state index contributed by atoms with van der Waals surface area (Å²) in [4.78, 5) is 21.0. The molecule has 6 rings (SSSR count). The second-order valence-electron chi connectivity index (χ2n) is 8.17. The van der Waals surface area contributed by atoms with Gasteiger partial charge in [-0.25, -0.2) is 19.9 Å². The van der Waals surface area contributed by atoms with Crippen LogP contribution in [0.3, 0.4) is 0 Å². The average molecular weight is 480 g/mol. The third-order valence-corrected chi connectivity index (χ3v) is 6.91. The minimum Gasteiger partial charge on any atom is -0.378 e. The Labute approximate surface area is 206 Å². The Morgan fingerprint density at radius 3 is 2.69 bits per heavy atom. The van der Waals surface area contributed by atoms with Gasteiger partial charge in [-0.2, -0.15) is 5.26 Å². The summed E-state index contributed by atoms with van der Waals surface area (Å²) in [5.74, 6) is 1.53. The zero-order chi connectivity index (χ0) is 23.6. The molecule has 0 bridgehead atoms. The lowest BCUT2D eigenvalue weighted by atomic mass is 10.2.